The molecule has 5 rings (SSSR count). The minimum Gasteiger partial charge on any atom is -0.393 e. The summed E-state index contributed by atoms with van der Waals surface area (Å²) in [5, 5.41) is 19.1. The van der Waals surface area contributed by atoms with Gasteiger partial charge in [-0.25, -0.2) is 8.42 Å². The molecule has 8 heteroatoms. The Morgan fingerprint density at radius 2 is 1.72 bits per heavy atom. The summed E-state index contributed by atoms with van der Waals surface area (Å²) in [7, 11) is -3.56. The molecule has 0 radical (unpaired) electrons. The van der Waals surface area contributed by atoms with Crippen molar-refractivity contribution in [3.8, 4) is 0 Å². The maximum absolute atomic E-state index is 13.2. The van der Waals surface area contributed by atoms with Crippen LogP contribution in [0.2, 0.25) is 0 Å². The van der Waals surface area contributed by atoms with Crippen molar-refractivity contribution in [1.29, 1.82) is 0 Å². The molecule has 0 amide bonds. The van der Waals surface area contributed by atoms with Crippen LogP contribution in [0, 0.1) is 0 Å². The molecule has 3 fully saturated rings. The number of aliphatic hydroxyl groups is 1. The van der Waals surface area contributed by atoms with Gasteiger partial charge in [-0.05, 0) is 56.7 Å². The molecule has 2 N–H and O–H groups in total. The first-order valence-electron chi connectivity index (χ1n) is 11.0. The molecule has 0 atom stereocenters. The topological polar surface area (TPSA) is 87.5 Å². The highest BCUT2D eigenvalue weighted by atomic mass is 32.2. The standard InChI is InChI=1S/C21H30N4O3S/c26-17-10-12-24(13-11-17)29(27,28)18-8-9-20-19(14-18)21(23-25(20)16-6-7-16)22-15-4-2-1-3-5-15/h8-9,14-17,26H,1-7,10-13H2,(H,22,23). The SMILES string of the molecule is O=S(=O)(c1ccc2c(c1)c(NC1CCCCC1)nn2C1CC1)N1CCC(O)CC1. The second kappa shape index (κ2) is 7.56. The number of hydrogen-bond donors (Lipinski definition) is 2. The van der Waals surface area contributed by atoms with Gasteiger partial charge in [-0.15, -0.1) is 0 Å². The predicted molar refractivity (Wildman–Crippen MR) is 112 cm³/mol. The molecule has 1 aromatic carbocycles. The lowest BCUT2D eigenvalue weighted by Crippen LogP contribution is -2.39. The third-order valence-corrected chi connectivity index (χ3v) is 8.47. The van der Waals surface area contributed by atoms with Crippen LogP contribution in [0.15, 0.2) is 23.1 Å². The monoisotopic (exact) mass is 418 g/mol. The van der Waals surface area contributed by atoms with Crippen LogP contribution < -0.4 is 5.32 Å². The molecule has 2 aromatic rings. The van der Waals surface area contributed by atoms with Gasteiger partial charge in [0.2, 0.25) is 10.0 Å². The fourth-order valence-corrected chi connectivity index (χ4v) is 6.15. The molecule has 2 heterocycles. The number of sulfonamides is 1. The van der Waals surface area contributed by atoms with Crippen LogP contribution in [0.3, 0.4) is 0 Å². The smallest absolute Gasteiger partial charge is 0.243 e. The fraction of sp³-hybridized carbons (Fsp3) is 0.667. The number of fused-ring (bicyclic) bond motifs is 1. The minimum absolute atomic E-state index is 0.323. The van der Waals surface area contributed by atoms with Crippen molar-refractivity contribution in [1.82, 2.24) is 14.1 Å². The molecule has 1 saturated heterocycles. The molecule has 158 valence electrons. The van der Waals surface area contributed by atoms with E-state index >= 15 is 0 Å². The molecule has 29 heavy (non-hydrogen) atoms. The molecule has 1 aliphatic heterocycles. The van der Waals surface area contributed by atoms with Crippen LogP contribution in [0.4, 0.5) is 5.82 Å². The van der Waals surface area contributed by atoms with Crippen LogP contribution in [-0.2, 0) is 10.0 Å². The molecular weight excluding hydrogens is 388 g/mol. The summed E-state index contributed by atoms with van der Waals surface area (Å²) in [4.78, 5) is 0.323. The maximum Gasteiger partial charge on any atom is 0.243 e. The Bertz CT molecular complexity index is 985. The van der Waals surface area contributed by atoms with Crippen LogP contribution in [0.1, 0.15) is 63.8 Å². The van der Waals surface area contributed by atoms with Crippen molar-refractivity contribution in [3.05, 3.63) is 18.2 Å². The van der Waals surface area contributed by atoms with Crippen molar-refractivity contribution in [2.24, 2.45) is 0 Å². The summed E-state index contributed by atoms with van der Waals surface area (Å²) in [5.74, 6) is 0.824. The van der Waals surface area contributed by atoms with Crippen LogP contribution in [-0.4, -0.2) is 52.8 Å². The highest BCUT2D eigenvalue weighted by Crippen LogP contribution is 2.40. The summed E-state index contributed by atoms with van der Waals surface area (Å²) in [6.45, 7) is 0.742. The van der Waals surface area contributed by atoms with E-state index in [1.165, 1.54) is 23.6 Å². The zero-order valence-electron chi connectivity index (χ0n) is 16.8. The van der Waals surface area contributed by atoms with Crippen molar-refractivity contribution in [3.63, 3.8) is 0 Å². The maximum atomic E-state index is 13.2. The average Bonchev–Trinajstić information content (AvgIpc) is 3.52. The second-order valence-electron chi connectivity index (χ2n) is 8.82. The van der Waals surface area contributed by atoms with Gasteiger partial charge in [0, 0.05) is 24.5 Å². The van der Waals surface area contributed by atoms with Gasteiger partial charge in [0.15, 0.2) is 5.82 Å². The van der Waals surface area contributed by atoms with Crippen molar-refractivity contribution in [2.75, 3.05) is 18.4 Å². The first-order chi connectivity index (χ1) is 14.0. The van der Waals surface area contributed by atoms with E-state index in [2.05, 4.69) is 10.00 Å². The largest absolute Gasteiger partial charge is 0.393 e. The summed E-state index contributed by atoms with van der Waals surface area (Å²) < 4.78 is 30.0. The van der Waals surface area contributed by atoms with E-state index < -0.39 is 16.1 Å². The Morgan fingerprint density at radius 3 is 2.41 bits per heavy atom. The van der Waals surface area contributed by atoms with Crippen LogP contribution in [0.25, 0.3) is 10.9 Å². The molecule has 0 spiro atoms. The predicted octanol–water partition coefficient (Wildman–Crippen LogP) is 3.26. The van der Waals surface area contributed by atoms with Crippen molar-refractivity contribution >= 4 is 26.7 Å². The number of hydrogen-bond acceptors (Lipinski definition) is 5. The zero-order chi connectivity index (χ0) is 20.0. The number of piperidine rings is 1. The van der Waals surface area contributed by atoms with E-state index in [1.54, 1.807) is 12.1 Å². The minimum atomic E-state index is -3.56. The van der Waals surface area contributed by atoms with Gasteiger partial charge in [0.1, 0.15) is 0 Å². The normalized spacial score (nSPS) is 22.9. The Balaban J connectivity index is 1.50. The van der Waals surface area contributed by atoms with E-state index in [0.29, 0.717) is 42.9 Å². The van der Waals surface area contributed by atoms with Gasteiger partial charge in [-0.2, -0.15) is 9.40 Å². The molecule has 7 nitrogen and oxygen atoms in total. The van der Waals surface area contributed by atoms with E-state index in [1.807, 2.05) is 6.07 Å². The third kappa shape index (κ3) is 3.78. The quantitative estimate of drug-likeness (QED) is 0.778. The number of aromatic nitrogens is 2. The van der Waals surface area contributed by atoms with Crippen LogP contribution in [0.5, 0.6) is 0 Å². The lowest BCUT2D eigenvalue weighted by molar-refractivity contribution is 0.113. The highest BCUT2D eigenvalue weighted by Gasteiger charge is 2.31. The molecular formula is C21H30N4O3S. The summed E-state index contributed by atoms with van der Waals surface area (Å²) in [5.41, 5.74) is 1.01. The molecule has 2 aliphatic carbocycles. The summed E-state index contributed by atoms with van der Waals surface area (Å²) in [6.07, 6.45) is 8.92. The van der Waals surface area contributed by atoms with E-state index in [-0.39, 0.29) is 0 Å². The number of rotatable bonds is 5. The number of benzene rings is 1. The Kier molecular flexibility index (Phi) is 5.04. The molecule has 0 bridgehead atoms. The lowest BCUT2D eigenvalue weighted by Gasteiger charge is -2.28. The van der Waals surface area contributed by atoms with Gasteiger partial charge >= 0.3 is 0 Å². The average molecular weight is 419 g/mol. The zero-order valence-corrected chi connectivity index (χ0v) is 17.6. The molecule has 3 aliphatic rings. The Morgan fingerprint density at radius 1 is 1.00 bits per heavy atom. The Labute approximate surface area is 172 Å². The third-order valence-electron chi connectivity index (χ3n) is 6.58. The number of aliphatic hydroxyl groups excluding tert-OH is 1. The van der Waals surface area contributed by atoms with Gasteiger partial charge < -0.3 is 10.4 Å². The Hall–Kier alpha value is -1.64. The van der Waals surface area contributed by atoms with Crippen LogP contribution >= 0.6 is 0 Å². The molecule has 0 unspecified atom stereocenters. The molecule has 2 saturated carbocycles. The van der Waals surface area contributed by atoms with Gasteiger partial charge in [-0.3, -0.25) is 4.68 Å². The van der Waals surface area contributed by atoms with E-state index in [0.717, 1.165) is 42.4 Å². The summed E-state index contributed by atoms with van der Waals surface area (Å²) in [6, 6.07) is 6.28. The van der Waals surface area contributed by atoms with Gasteiger partial charge in [0.25, 0.3) is 0 Å². The number of nitrogens with zero attached hydrogens (tertiary/aromatic N) is 3. The van der Waals surface area contributed by atoms with E-state index in [9.17, 15) is 13.5 Å². The highest BCUT2D eigenvalue weighted by molar-refractivity contribution is 7.89. The fourth-order valence-electron chi connectivity index (χ4n) is 4.66. The summed E-state index contributed by atoms with van der Waals surface area (Å²) >= 11 is 0. The van der Waals surface area contributed by atoms with Crippen molar-refractivity contribution in [2.45, 2.75) is 80.9 Å². The second-order valence-corrected chi connectivity index (χ2v) is 10.8. The number of anilines is 1. The van der Waals surface area contributed by atoms with Gasteiger partial charge in [0.05, 0.1) is 22.6 Å². The van der Waals surface area contributed by atoms with Gasteiger partial charge in [-0.1, -0.05) is 19.3 Å². The first kappa shape index (κ1) is 19.3. The van der Waals surface area contributed by atoms with Crippen molar-refractivity contribution < 1.29 is 13.5 Å². The lowest BCUT2D eigenvalue weighted by atomic mass is 9.95. The first-order valence-corrected chi connectivity index (χ1v) is 12.4. The van der Waals surface area contributed by atoms with E-state index in [4.69, 9.17) is 5.10 Å². The number of nitrogens with one attached hydrogen (secondary N) is 1. The molecule has 1 aromatic heterocycles.